The summed E-state index contributed by atoms with van der Waals surface area (Å²) >= 11 is 0. The number of aliphatic imine (C=N–C) groups is 1. The van der Waals surface area contributed by atoms with E-state index in [1.54, 1.807) is 19.3 Å². The molecule has 0 bridgehead atoms. The van der Waals surface area contributed by atoms with Gasteiger partial charge in [-0.3, -0.25) is 4.99 Å². The van der Waals surface area contributed by atoms with Crippen LogP contribution in [0.1, 0.15) is 6.92 Å². The highest BCUT2D eigenvalue weighted by atomic mass is 14.6. The van der Waals surface area contributed by atoms with Crippen molar-refractivity contribution in [2.75, 3.05) is 7.05 Å². The molecule has 0 aliphatic heterocycles. The second kappa shape index (κ2) is 4.31. The molecule has 0 radical (unpaired) electrons. The molecule has 44 valence electrons. The van der Waals surface area contributed by atoms with Gasteiger partial charge < -0.3 is 0 Å². The van der Waals surface area contributed by atoms with Crippen molar-refractivity contribution in [3.63, 3.8) is 0 Å². The van der Waals surface area contributed by atoms with E-state index in [1.165, 1.54) is 0 Å². The molecule has 0 amide bonds. The smallest absolute Gasteiger partial charge is 0.0277 e. The fraction of sp³-hybridized carbons (Fsp3) is 0.286. The van der Waals surface area contributed by atoms with Gasteiger partial charge in [-0.15, -0.1) is 0 Å². The molecule has 0 fully saturated rings. The van der Waals surface area contributed by atoms with Gasteiger partial charge in [0.25, 0.3) is 0 Å². The van der Waals surface area contributed by atoms with Gasteiger partial charge in [-0.05, 0) is 13.0 Å². The Labute approximate surface area is 50.4 Å². The zero-order valence-electron chi connectivity index (χ0n) is 5.39. The molecule has 1 heteroatoms. The standard InChI is InChI=1S/C7H11N/c1-4-7(2)5-6-8-3/h4-6H,1H2,2-3H3/b7-5+,8-6-. The SMILES string of the molecule is C=C/C(C)=C/C=N\C. The van der Waals surface area contributed by atoms with Gasteiger partial charge in [0.15, 0.2) is 0 Å². The Morgan fingerprint density at radius 3 is 2.62 bits per heavy atom. The summed E-state index contributed by atoms with van der Waals surface area (Å²) in [7, 11) is 1.74. The van der Waals surface area contributed by atoms with Crippen LogP contribution in [0.5, 0.6) is 0 Å². The summed E-state index contributed by atoms with van der Waals surface area (Å²) in [5, 5.41) is 0. The first-order valence-electron chi connectivity index (χ1n) is 2.52. The quantitative estimate of drug-likeness (QED) is 0.379. The molecule has 0 aliphatic rings. The van der Waals surface area contributed by atoms with E-state index in [4.69, 9.17) is 0 Å². The van der Waals surface area contributed by atoms with E-state index in [0.717, 1.165) is 5.57 Å². The van der Waals surface area contributed by atoms with Crippen molar-refractivity contribution in [3.05, 3.63) is 24.3 Å². The van der Waals surface area contributed by atoms with Crippen molar-refractivity contribution < 1.29 is 0 Å². The van der Waals surface area contributed by atoms with Crippen LogP contribution in [0.4, 0.5) is 0 Å². The van der Waals surface area contributed by atoms with Crippen LogP contribution < -0.4 is 0 Å². The molecule has 0 rings (SSSR count). The minimum atomic E-state index is 1.13. The first kappa shape index (κ1) is 7.15. The first-order valence-corrected chi connectivity index (χ1v) is 2.52. The Bertz CT molecular complexity index is 120. The molecule has 8 heavy (non-hydrogen) atoms. The lowest BCUT2D eigenvalue weighted by atomic mass is 10.3. The molecule has 1 nitrogen and oxygen atoms in total. The highest BCUT2D eigenvalue weighted by Gasteiger charge is 1.70. The molecule has 0 aliphatic carbocycles. The Balaban J connectivity index is 3.74. The number of nitrogens with zero attached hydrogens (tertiary/aromatic N) is 1. The van der Waals surface area contributed by atoms with Crippen LogP contribution in [0.3, 0.4) is 0 Å². The Morgan fingerprint density at radius 1 is 1.62 bits per heavy atom. The van der Waals surface area contributed by atoms with E-state index in [0.29, 0.717) is 0 Å². The summed E-state index contributed by atoms with van der Waals surface area (Å²) in [6, 6.07) is 0. The first-order chi connectivity index (χ1) is 3.81. The fourth-order valence-corrected chi connectivity index (χ4v) is 0.260. The molecule has 0 heterocycles. The zero-order valence-corrected chi connectivity index (χ0v) is 5.39. The van der Waals surface area contributed by atoms with Gasteiger partial charge in [0.2, 0.25) is 0 Å². The van der Waals surface area contributed by atoms with E-state index in [2.05, 4.69) is 11.6 Å². The van der Waals surface area contributed by atoms with E-state index < -0.39 is 0 Å². The molecule has 0 N–H and O–H groups in total. The summed E-state index contributed by atoms with van der Waals surface area (Å²) < 4.78 is 0. The minimum Gasteiger partial charge on any atom is -0.297 e. The summed E-state index contributed by atoms with van der Waals surface area (Å²) in [5.74, 6) is 0. The largest absolute Gasteiger partial charge is 0.297 e. The van der Waals surface area contributed by atoms with Gasteiger partial charge >= 0.3 is 0 Å². The van der Waals surface area contributed by atoms with E-state index >= 15 is 0 Å². The zero-order chi connectivity index (χ0) is 6.41. The highest BCUT2D eigenvalue weighted by Crippen LogP contribution is 1.88. The highest BCUT2D eigenvalue weighted by molar-refractivity contribution is 5.72. The molecular formula is C7H11N. The average Bonchev–Trinajstić information content (AvgIpc) is 1.83. The maximum Gasteiger partial charge on any atom is 0.0277 e. The van der Waals surface area contributed by atoms with Gasteiger partial charge in [-0.2, -0.15) is 0 Å². The van der Waals surface area contributed by atoms with Gasteiger partial charge in [0.05, 0.1) is 0 Å². The molecule has 0 unspecified atom stereocenters. The number of allylic oxidation sites excluding steroid dienone is 3. The summed E-state index contributed by atoms with van der Waals surface area (Å²) in [6.07, 6.45) is 5.45. The lowest BCUT2D eigenvalue weighted by molar-refractivity contribution is 1.46. The molecule has 0 aromatic carbocycles. The summed E-state index contributed by atoms with van der Waals surface area (Å²) in [6.45, 7) is 5.56. The van der Waals surface area contributed by atoms with E-state index in [1.807, 2.05) is 13.0 Å². The Kier molecular flexibility index (Phi) is 3.85. The van der Waals surface area contributed by atoms with Crippen LogP contribution in [-0.2, 0) is 0 Å². The van der Waals surface area contributed by atoms with Crippen molar-refractivity contribution in [3.8, 4) is 0 Å². The topological polar surface area (TPSA) is 12.4 Å². The van der Waals surface area contributed by atoms with Crippen molar-refractivity contribution in [1.29, 1.82) is 0 Å². The predicted octanol–water partition coefficient (Wildman–Crippen LogP) is 1.82. The van der Waals surface area contributed by atoms with Crippen molar-refractivity contribution in [1.82, 2.24) is 0 Å². The van der Waals surface area contributed by atoms with Crippen molar-refractivity contribution >= 4 is 6.21 Å². The lowest BCUT2D eigenvalue weighted by Gasteiger charge is -1.81. The number of rotatable bonds is 2. The van der Waals surface area contributed by atoms with Gasteiger partial charge in [0, 0.05) is 13.3 Å². The van der Waals surface area contributed by atoms with Crippen LogP contribution in [0, 0.1) is 0 Å². The summed E-state index contributed by atoms with van der Waals surface area (Å²) in [5.41, 5.74) is 1.13. The Morgan fingerprint density at radius 2 is 2.25 bits per heavy atom. The molecule has 0 aromatic rings. The Hall–Kier alpha value is -0.850. The molecule has 0 atom stereocenters. The fourth-order valence-electron chi connectivity index (χ4n) is 0.260. The molecule has 0 saturated heterocycles. The van der Waals surface area contributed by atoms with Gasteiger partial charge in [-0.25, -0.2) is 0 Å². The average molecular weight is 109 g/mol. The second-order valence-electron chi connectivity index (χ2n) is 1.52. The number of hydrogen-bond acceptors (Lipinski definition) is 1. The predicted molar refractivity (Wildman–Crippen MR) is 38.4 cm³/mol. The van der Waals surface area contributed by atoms with Gasteiger partial charge in [0.1, 0.15) is 0 Å². The maximum atomic E-state index is 3.77. The van der Waals surface area contributed by atoms with Crippen LogP contribution >= 0.6 is 0 Å². The van der Waals surface area contributed by atoms with Crippen LogP contribution in [-0.4, -0.2) is 13.3 Å². The molecular weight excluding hydrogens is 98.1 g/mol. The third-order valence-electron chi connectivity index (χ3n) is 0.808. The van der Waals surface area contributed by atoms with E-state index in [-0.39, 0.29) is 0 Å². The monoisotopic (exact) mass is 109 g/mol. The molecule has 0 spiro atoms. The third-order valence-corrected chi connectivity index (χ3v) is 0.808. The van der Waals surface area contributed by atoms with Crippen molar-refractivity contribution in [2.45, 2.75) is 6.92 Å². The van der Waals surface area contributed by atoms with E-state index in [9.17, 15) is 0 Å². The minimum absolute atomic E-state index is 1.13. The second-order valence-corrected chi connectivity index (χ2v) is 1.52. The molecule has 0 saturated carbocycles. The van der Waals surface area contributed by atoms with Gasteiger partial charge in [-0.1, -0.05) is 18.2 Å². The summed E-state index contributed by atoms with van der Waals surface area (Å²) in [4.78, 5) is 3.77. The van der Waals surface area contributed by atoms with Crippen LogP contribution in [0.15, 0.2) is 29.3 Å². The number of hydrogen-bond donors (Lipinski definition) is 0. The van der Waals surface area contributed by atoms with Crippen LogP contribution in [0.25, 0.3) is 0 Å². The van der Waals surface area contributed by atoms with Crippen LogP contribution in [0.2, 0.25) is 0 Å². The third kappa shape index (κ3) is 3.34. The molecule has 0 aromatic heterocycles. The maximum absolute atomic E-state index is 3.77. The normalized spacial score (nSPS) is 12.5. The van der Waals surface area contributed by atoms with Crippen molar-refractivity contribution in [2.24, 2.45) is 4.99 Å². The lowest BCUT2D eigenvalue weighted by Crippen LogP contribution is -1.67.